The first-order chi connectivity index (χ1) is 8.40. The Balaban J connectivity index is 2.26. The third kappa shape index (κ3) is 2.37. The summed E-state index contributed by atoms with van der Waals surface area (Å²) in [5.74, 6) is 0.169. The van der Waals surface area contributed by atoms with Gasteiger partial charge in [0.2, 0.25) is 5.78 Å². The van der Waals surface area contributed by atoms with E-state index >= 15 is 0 Å². The molecule has 0 atom stereocenters. The van der Waals surface area contributed by atoms with E-state index in [1.165, 1.54) is 6.92 Å². The van der Waals surface area contributed by atoms with Gasteiger partial charge in [0, 0.05) is 18.9 Å². The van der Waals surface area contributed by atoms with Crippen molar-refractivity contribution in [2.24, 2.45) is 0 Å². The number of esters is 1. The van der Waals surface area contributed by atoms with Gasteiger partial charge in [-0.2, -0.15) is 0 Å². The molecule has 4 heteroatoms. The lowest BCUT2D eigenvalue weighted by Crippen LogP contribution is -2.36. The summed E-state index contributed by atoms with van der Waals surface area (Å²) in [7, 11) is 0. The van der Waals surface area contributed by atoms with Gasteiger partial charge < -0.3 is 9.47 Å². The third-order valence-electron chi connectivity index (χ3n) is 2.90. The second kappa shape index (κ2) is 4.44. The molecule has 4 nitrogen and oxygen atoms in total. The molecule has 1 aromatic rings. The van der Waals surface area contributed by atoms with Crippen LogP contribution in [0, 0.1) is 0 Å². The van der Waals surface area contributed by atoms with E-state index in [0.29, 0.717) is 12.2 Å². The molecular weight excluding hydrogens is 232 g/mol. The molecule has 0 saturated heterocycles. The summed E-state index contributed by atoms with van der Waals surface area (Å²) >= 11 is 0. The molecule has 0 N–H and O–H groups in total. The van der Waals surface area contributed by atoms with Crippen molar-refractivity contribution in [1.29, 1.82) is 0 Å². The summed E-state index contributed by atoms with van der Waals surface area (Å²) in [6, 6.07) is 5.31. The van der Waals surface area contributed by atoms with Crippen LogP contribution in [0.25, 0.3) is 0 Å². The smallest absolute Gasteiger partial charge is 0.303 e. The zero-order valence-corrected chi connectivity index (χ0v) is 10.8. The van der Waals surface area contributed by atoms with Crippen molar-refractivity contribution in [2.75, 3.05) is 6.61 Å². The maximum Gasteiger partial charge on any atom is 0.303 e. The lowest BCUT2D eigenvalue weighted by Gasteiger charge is -2.23. The lowest BCUT2D eigenvalue weighted by atomic mass is 9.95. The van der Waals surface area contributed by atoms with Crippen LogP contribution < -0.4 is 4.74 Å². The van der Waals surface area contributed by atoms with E-state index < -0.39 is 11.6 Å². The van der Waals surface area contributed by atoms with Crippen molar-refractivity contribution in [2.45, 2.75) is 32.8 Å². The number of carbonyl (C=O) groups excluding carboxylic acids is 2. The van der Waals surface area contributed by atoms with E-state index in [1.54, 1.807) is 26.0 Å². The topological polar surface area (TPSA) is 52.6 Å². The quantitative estimate of drug-likeness (QED) is 0.607. The summed E-state index contributed by atoms with van der Waals surface area (Å²) in [4.78, 5) is 23.3. The standard InChI is InChI=1S/C14H16O4/c1-9(15)18-14(2,3)13(16)11-4-5-12-10(8-11)6-7-17-12/h4-5,8H,6-7H2,1-3H3. The van der Waals surface area contributed by atoms with Crippen molar-refractivity contribution in [1.82, 2.24) is 0 Å². The Morgan fingerprint density at radius 3 is 2.72 bits per heavy atom. The van der Waals surface area contributed by atoms with Crippen molar-refractivity contribution < 1.29 is 19.1 Å². The van der Waals surface area contributed by atoms with E-state index in [9.17, 15) is 9.59 Å². The summed E-state index contributed by atoms with van der Waals surface area (Å²) in [6.45, 7) is 5.15. The molecule has 0 radical (unpaired) electrons. The van der Waals surface area contributed by atoms with Gasteiger partial charge in [-0.15, -0.1) is 0 Å². The molecule has 1 heterocycles. The molecule has 1 aromatic carbocycles. The second-order valence-corrected chi connectivity index (χ2v) is 4.85. The van der Waals surface area contributed by atoms with Crippen LogP contribution in [0.3, 0.4) is 0 Å². The van der Waals surface area contributed by atoms with E-state index in [4.69, 9.17) is 9.47 Å². The van der Waals surface area contributed by atoms with Crippen molar-refractivity contribution in [3.05, 3.63) is 29.3 Å². The van der Waals surface area contributed by atoms with E-state index in [1.807, 2.05) is 6.07 Å². The number of hydrogen-bond donors (Lipinski definition) is 0. The molecule has 96 valence electrons. The van der Waals surface area contributed by atoms with Crippen molar-refractivity contribution in [3.63, 3.8) is 0 Å². The maximum atomic E-state index is 12.3. The van der Waals surface area contributed by atoms with Crippen LogP contribution in [0.15, 0.2) is 18.2 Å². The molecule has 0 aromatic heterocycles. The number of ketones is 1. The fourth-order valence-electron chi connectivity index (χ4n) is 2.08. The Morgan fingerprint density at radius 1 is 1.33 bits per heavy atom. The van der Waals surface area contributed by atoms with Crippen LogP contribution in [0.1, 0.15) is 36.7 Å². The molecule has 2 rings (SSSR count). The number of carbonyl (C=O) groups is 2. The summed E-state index contributed by atoms with van der Waals surface area (Å²) in [5, 5.41) is 0. The van der Waals surface area contributed by atoms with Crippen LogP contribution in [-0.4, -0.2) is 24.0 Å². The average Bonchev–Trinajstić information content (AvgIpc) is 2.72. The number of Topliss-reactive ketones (excluding diaryl/α,β-unsaturated/α-hetero) is 1. The SMILES string of the molecule is CC(=O)OC(C)(C)C(=O)c1ccc2c(c1)CCO2. The number of benzene rings is 1. The average molecular weight is 248 g/mol. The normalized spacial score (nSPS) is 13.7. The predicted molar refractivity (Wildman–Crippen MR) is 65.8 cm³/mol. The van der Waals surface area contributed by atoms with Crippen molar-refractivity contribution >= 4 is 11.8 Å². The number of hydrogen-bond acceptors (Lipinski definition) is 4. The van der Waals surface area contributed by atoms with E-state index in [-0.39, 0.29) is 5.78 Å². The van der Waals surface area contributed by atoms with E-state index in [0.717, 1.165) is 17.7 Å². The highest BCUT2D eigenvalue weighted by molar-refractivity contribution is 6.03. The fourth-order valence-corrected chi connectivity index (χ4v) is 2.08. The molecule has 0 spiro atoms. The summed E-state index contributed by atoms with van der Waals surface area (Å²) in [5.41, 5.74) is 0.435. The first-order valence-corrected chi connectivity index (χ1v) is 5.90. The van der Waals surface area contributed by atoms with Gasteiger partial charge in [0.25, 0.3) is 0 Å². The fraction of sp³-hybridized carbons (Fsp3) is 0.429. The van der Waals surface area contributed by atoms with Gasteiger partial charge in [-0.05, 0) is 37.6 Å². The number of rotatable bonds is 3. The van der Waals surface area contributed by atoms with Crippen molar-refractivity contribution in [3.8, 4) is 5.75 Å². The Kier molecular flexibility index (Phi) is 3.11. The van der Waals surface area contributed by atoms with Gasteiger partial charge >= 0.3 is 5.97 Å². The molecule has 1 aliphatic rings. The van der Waals surface area contributed by atoms with Gasteiger partial charge in [-0.3, -0.25) is 9.59 Å². The number of ether oxygens (including phenoxy) is 2. The number of fused-ring (bicyclic) bond motifs is 1. The highest BCUT2D eigenvalue weighted by atomic mass is 16.6. The van der Waals surface area contributed by atoms with Crippen LogP contribution in [0.4, 0.5) is 0 Å². The molecule has 0 bridgehead atoms. The van der Waals surface area contributed by atoms with Gasteiger partial charge in [-0.1, -0.05) is 0 Å². The van der Waals surface area contributed by atoms with Gasteiger partial charge in [0.05, 0.1) is 6.61 Å². The lowest BCUT2D eigenvalue weighted by molar-refractivity contribution is -0.149. The van der Waals surface area contributed by atoms with Gasteiger partial charge in [-0.25, -0.2) is 0 Å². The first kappa shape index (κ1) is 12.6. The van der Waals surface area contributed by atoms with Gasteiger partial charge in [0.15, 0.2) is 5.60 Å². The minimum Gasteiger partial charge on any atom is -0.493 e. The Bertz CT molecular complexity index is 503. The summed E-state index contributed by atoms with van der Waals surface area (Å²) in [6.07, 6.45) is 0.810. The minimum atomic E-state index is -1.14. The highest BCUT2D eigenvalue weighted by Crippen LogP contribution is 2.28. The Morgan fingerprint density at radius 2 is 2.06 bits per heavy atom. The predicted octanol–water partition coefficient (Wildman–Crippen LogP) is 2.15. The zero-order valence-electron chi connectivity index (χ0n) is 10.8. The summed E-state index contributed by atoms with van der Waals surface area (Å²) < 4.78 is 10.4. The van der Waals surface area contributed by atoms with Gasteiger partial charge in [0.1, 0.15) is 5.75 Å². The minimum absolute atomic E-state index is 0.201. The zero-order chi connectivity index (χ0) is 13.3. The van der Waals surface area contributed by atoms with Crippen LogP contribution >= 0.6 is 0 Å². The monoisotopic (exact) mass is 248 g/mol. The van der Waals surface area contributed by atoms with Crippen LogP contribution in [0.5, 0.6) is 5.75 Å². The Labute approximate surface area is 106 Å². The highest BCUT2D eigenvalue weighted by Gasteiger charge is 2.32. The van der Waals surface area contributed by atoms with Crippen LogP contribution in [0.2, 0.25) is 0 Å². The molecule has 18 heavy (non-hydrogen) atoms. The van der Waals surface area contributed by atoms with E-state index in [2.05, 4.69) is 0 Å². The molecule has 1 aliphatic heterocycles. The molecule has 0 aliphatic carbocycles. The molecule has 0 amide bonds. The second-order valence-electron chi connectivity index (χ2n) is 4.85. The Hall–Kier alpha value is -1.84. The molecular formula is C14H16O4. The molecule has 0 saturated carbocycles. The maximum absolute atomic E-state index is 12.3. The third-order valence-corrected chi connectivity index (χ3v) is 2.90. The molecule has 0 fully saturated rings. The van der Waals surface area contributed by atoms with Crippen LogP contribution in [-0.2, 0) is 16.0 Å². The molecule has 0 unspecified atom stereocenters. The first-order valence-electron chi connectivity index (χ1n) is 5.90. The largest absolute Gasteiger partial charge is 0.493 e.